The lowest BCUT2D eigenvalue weighted by atomic mass is 9.93. The molecule has 0 saturated carbocycles. The minimum atomic E-state index is -0.352. The van der Waals surface area contributed by atoms with E-state index in [9.17, 15) is 4.79 Å². The second-order valence-corrected chi connectivity index (χ2v) is 6.47. The lowest BCUT2D eigenvalue weighted by Crippen LogP contribution is -2.38. The molecule has 1 fully saturated rings. The zero-order chi connectivity index (χ0) is 16.3. The third kappa shape index (κ3) is 3.61. The van der Waals surface area contributed by atoms with Crippen LogP contribution in [0.2, 0.25) is 0 Å². The lowest BCUT2D eigenvalue weighted by Gasteiger charge is -2.32. The van der Waals surface area contributed by atoms with E-state index in [2.05, 4.69) is 25.7 Å². The Balaban J connectivity index is 1.44. The van der Waals surface area contributed by atoms with E-state index in [1.165, 1.54) is 5.69 Å². The second kappa shape index (κ2) is 6.53. The summed E-state index contributed by atoms with van der Waals surface area (Å²) in [6.45, 7) is 1.64. The quantitative estimate of drug-likeness (QED) is 0.757. The molecule has 1 aromatic heterocycles. The van der Waals surface area contributed by atoms with Gasteiger partial charge in [0.25, 0.3) is 0 Å². The van der Waals surface area contributed by atoms with Gasteiger partial charge in [0.1, 0.15) is 0 Å². The summed E-state index contributed by atoms with van der Waals surface area (Å²) in [7, 11) is 2.03. The molecule has 2 aliphatic rings. The van der Waals surface area contributed by atoms with Crippen molar-refractivity contribution in [3.63, 3.8) is 0 Å². The van der Waals surface area contributed by atoms with Gasteiger partial charge >= 0.3 is 0 Å². The Morgan fingerprint density at radius 2 is 2.13 bits per heavy atom. The van der Waals surface area contributed by atoms with Gasteiger partial charge in [-0.3, -0.25) is 4.79 Å². The minimum Gasteiger partial charge on any atom is -0.343 e. The highest BCUT2D eigenvalue weighted by Crippen LogP contribution is 2.38. The number of hydrogen-bond donors (Lipinski definition) is 0. The van der Waals surface area contributed by atoms with Gasteiger partial charge in [0.15, 0.2) is 5.66 Å². The summed E-state index contributed by atoms with van der Waals surface area (Å²) in [5, 5.41) is 8.19. The summed E-state index contributed by atoms with van der Waals surface area (Å²) < 4.78 is 2.08. The summed E-state index contributed by atoms with van der Waals surface area (Å²) in [4.78, 5) is 18.6. The van der Waals surface area contributed by atoms with E-state index >= 15 is 0 Å². The number of aryl methyl sites for hydroxylation is 1. The minimum absolute atomic E-state index is 0.214. The van der Waals surface area contributed by atoms with Gasteiger partial charge in [-0.05, 0) is 12.8 Å². The van der Waals surface area contributed by atoms with Crippen LogP contribution in [-0.4, -0.2) is 39.1 Å². The van der Waals surface area contributed by atoms with Crippen molar-refractivity contribution in [2.75, 3.05) is 13.1 Å². The van der Waals surface area contributed by atoms with Gasteiger partial charge in [-0.1, -0.05) is 0 Å². The molecular formula is C17H23N5O. The fourth-order valence-electron chi connectivity index (χ4n) is 3.32. The maximum Gasteiger partial charge on any atom is 0.222 e. The maximum absolute atomic E-state index is 12.4. The van der Waals surface area contributed by atoms with Gasteiger partial charge in [-0.15, -0.1) is 12.3 Å². The first-order valence-electron chi connectivity index (χ1n) is 8.25. The Morgan fingerprint density at radius 3 is 2.70 bits per heavy atom. The van der Waals surface area contributed by atoms with Gasteiger partial charge in [0.2, 0.25) is 5.91 Å². The molecule has 0 radical (unpaired) electrons. The van der Waals surface area contributed by atoms with Crippen LogP contribution in [0.3, 0.4) is 0 Å². The molecule has 3 heterocycles. The first-order chi connectivity index (χ1) is 11.1. The average molecular weight is 313 g/mol. The molecular weight excluding hydrogens is 290 g/mol. The highest BCUT2D eigenvalue weighted by atomic mass is 16.2. The van der Waals surface area contributed by atoms with Crippen molar-refractivity contribution in [1.82, 2.24) is 14.5 Å². The van der Waals surface area contributed by atoms with Gasteiger partial charge in [-0.25, -0.2) is 4.98 Å². The Kier molecular flexibility index (Phi) is 4.46. The molecule has 0 N–H and O–H groups in total. The number of likely N-dealkylation sites (tertiary alicyclic amines) is 1. The topological polar surface area (TPSA) is 62.9 Å². The van der Waals surface area contributed by atoms with E-state index in [0.717, 1.165) is 32.4 Å². The number of carbonyl (C=O) groups is 1. The van der Waals surface area contributed by atoms with Crippen LogP contribution in [0.4, 0.5) is 0 Å². The molecule has 0 bridgehead atoms. The van der Waals surface area contributed by atoms with E-state index in [1.807, 2.05) is 24.5 Å². The van der Waals surface area contributed by atoms with Gasteiger partial charge in [0, 0.05) is 63.6 Å². The Morgan fingerprint density at radius 1 is 1.39 bits per heavy atom. The highest BCUT2D eigenvalue weighted by Gasteiger charge is 2.39. The average Bonchev–Trinajstić information content (AvgIpc) is 3.23. The molecule has 0 spiro atoms. The van der Waals surface area contributed by atoms with E-state index in [4.69, 9.17) is 6.42 Å². The monoisotopic (exact) mass is 313 g/mol. The second-order valence-electron chi connectivity index (χ2n) is 6.47. The Bertz CT molecular complexity index is 628. The summed E-state index contributed by atoms with van der Waals surface area (Å²) in [5.74, 6) is 3.33. The zero-order valence-corrected chi connectivity index (χ0v) is 13.6. The first kappa shape index (κ1) is 15.7. The predicted octanol–water partition coefficient (Wildman–Crippen LogP) is 2.48. The molecule has 6 nitrogen and oxygen atoms in total. The van der Waals surface area contributed by atoms with Crippen LogP contribution in [0.15, 0.2) is 22.8 Å². The molecule has 2 aliphatic heterocycles. The number of aromatic nitrogens is 2. The molecule has 1 aromatic rings. The van der Waals surface area contributed by atoms with E-state index in [0.29, 0.717) is 25.2 Å². The standard InChI is InChI=1S/C17H23N5O/c1-3-4-8-17(19-20-17)9-5-16(23)22-10-6-14(7-11-22)15-12-18-13-21(15)2/h1,12-14H,4-11H2,2H3. The summed E-state index contributed by atoms with van der Waals surface area (Å²) in [5.41, 5.74) is 0.913. The van der Waals surface area contributed by atoms with Crippen molar-refractivity contribution >= 4 is 5.91 Å². The Labute approximate surface area is 137 Å². The fourth-order valence-corrected chi connectivity index (χ4v) is 3.32. The fraction of sp³-hybridized carbons (Fsp3) is 0.647. The number of carbonyl (C=O) groups excluding carboxylic acids is 1. The largest absolute Gasteiger partial charge is 0.343 e. The van der Waals surface area contributed by atoms with Crippen molar-refractivity contribution in [2.24, 2.45) is 17.3 Å². The number of piperidine rings is 1. The molecule has 23 heavy (non-hydrogen) atoms. The molecule has 6 heteroatoms. The smallest absolute Gasteiger partial charge is 0.222 e. The molecule has 3 rings (SSSR count). The van der Waals surface area contributed by atoms with Gasteiger partial charge < -0.3 is 9.47 Å². The SMILES string of the molecule is C#CCCC1(CCC(=O)N2CCC(c3cncn3C)CC2)N=N1. The zero-order valence-electron chi connectivity index (χ0n) is 13.6. The molecule has 122 valence electrons. The number of rotatable bonds is 6. The van der Waals surface area contributed by atoms with Crippen LogP contribution in [0.25, 0.3) is 0 Å². The number of terminal acetylenes is 1. The van der Waals surface area contributed by atoms with Crippen molar-refractivity contribution in [2.45, 2.75) is 50.1 Å². The van der Waals surface area contributed by atoms with Crippen LogP contribution < -0.4 is 0 Å². The molecule has 0 unspecified atom stereocenters. The van der Waals surface area contributed by atoms with Crippen LogP contribution in [0.1, 0.15) is 50.1 Å². The van der Waals surface area contributed by atoms with Crippen LogP contribution >= 0.6 is 0 Å². The van der Waals surface area contributed by atoms with Crippen molar-refractivity contribution in [3.8, 4) is 12.3 Å². The third-order valence-corrected chi connectivity index (χ3v) is 4.91. The highest BCUT2D eigenvalue weighted by molar-refractivity contribution is 5.76. The summed E-state index contributed by atoms with van der Waals surface area (Å²) >= 11 is 0. The molecule has 1 saturated heterocycles. The molecule has 0 aliphatic carbocycles. The molecule has 0 atom stereocenters. The normalized spacial score (nSPS) is 19.6. The van der Waals surface area contributed by atoms with E-state index in [1.54, 1.807) is 0 Å². The Hall–Kier alpha value is -2.16. The van der Waals surface area contributed by atoms with Crippen molar-refractivity contribution in [3.05, 3.63) is 18.2 Å². The summed E-state index contributed by atoms with van der Waals surface area (Å²) in [6, 6.07) is 0. The third-order valence-electron chi connectivity index (χ3n) is 4.91. The number of hydrogen-bond acceptors (Lipinski definition) is 4. The van der Waals surface area contributed by atoms with Gasteiger partial charge in [-0.2, -0.15) is 10.2 Å². The van der Waals surface area contributed by atoms with Crippen LogP contribution in [0.5, 0.6) is 0 Å². The lowest BCUT2D eigenvalue weighted by molar-refractivity contribution is -0.132. The number of nitrogens with zero attached hydrogens (tertiary/aromatic N) is 5. The van der Waals surface area contributed by atoms with Crippen LogP contribution in [-0.2, 0) is 11.8 Å². The molecule has 1 amide bonds. The maximum atomic E-state index is 12.4. The van der Waals surface area contributed by atoms with Crippen molar-refractivity contribution < 1.29 is 4.79 Å². The number of amides is 1. The van der Waals surface area contributed by atoms with Gasteiger partial charge in [0.05, 0.1) is 6.33 Å². The van der Waals surface area contributed by atoms with E-state index < -0.39 is 0 Å². The molecule has 0 aromatic carbocycles. The number of imidazole rings is 1. The first-order valence-corrected chi connectivity index (χ1v) is 8.25. The van der Waals surface area contributed by atoms with Crippen LogP contribution in [0, 0.1) is 12.3 Å². The summed E-state index contributed by atoms with van der Waals surface area (Å²) in [6.07, 6.45) is 13.7. The van der Waals surface area contributed by atoms with Crippen molar-refractivity contribution in [1.29, 1.82) is 0 Å². The predicted molar refractivity (Wildman–Crippen MR) is 86.7 cm³/mol. The van der Waals surface area contributed by atoms with E-state index in [-0.39, 0.29) is 11.6 Å².